The Balaban J connectivity index is 1.91. The van der Waals surface area contributed by atoms with E-state index in [-0.39, 0.29) is 5.82 Å². The second-order valence-electron chi connectivity index (χ2n) is 6.22. The Labute approximate surface area is 147 Å². The number of benzene rings is 1. The number of nitrogens with zero attached hydrogens (tertiary/aromatic N) is 2. The molecule has 0 saturated carbocycles. The molecule has 1 saturated heterocycles. The van der Waals surface area contributed by atoms with Crippen molar-refractivity contribution < 1.29 is 22.8 Å². The van der Waals surface area contributed by atoms with Crippen LogP contribution in [0.4, 0.5) is 4.39 Å². The maximum atomic E-state index is 13.3. The van der Waals surface area contributed by atoms with E-state index in [4.69, 9.17) is 13.9 Å². The van der Waals surface area contributed by atoms with Crippen LogP contribution in [-0.4, -0.2) is 36.2 Å². The summed E-state index contributed by atoms with van der Waals surface area (Å²) in [4.78, 5) is 7.74. The SMILES string of the molecule is CCOP(=O)(OCC)C1CCCN2C1=NOC2(C)c1ccc(F)cc1. The molecule has 2 aliphatic rings. The Kier molecular flexibility index (Phi) is 5.19. The van der Waals surface area contributed by atoms with Crippen molar-refractivity contribution in [1.82, 2.24) is 4.90 Å². The summed E-state index contributed by atoms with van der Waals surface area (Å²) in [6, 6.07) is 6.16. The van der Waals surface area contributed by atoms with Crippen LogP contribution in [0.2, 0.25) is 0 Å². The summed E-state index contributed by atoms with van der Waals surface area (Å²) in [5.41, 5.74) is -0.523. The van der Waals surface area contributed by atoms with Gasteiger partial charge in [-0.05, 0) is 38.8 Å². The van der Waals surface area contributed by atoms with Crippen molar-refractivity contribution in [3.63, 3.8) is 0 Å². The van der Waals surface area contributed by atoms with Crippen LogP contribution >= 0.6 is 7.60 Å². The average Bonchev–Trinajstić information content (AvgIpc) is 2.94. The maximum Gasteiger partial charge on any atom is 0.341 e. The topological polar surface area (TPSA) is 60.4 Å². The van der Waals surface area contributed by atoms with Crippen LogP contribution in [0.5, 0.6) is 0 Å². The Hall–Kier alpha value is -1.43. The van der Waals surface area contributed by atoms with Crippen LogP contribution < -0.4 is 0 Å². The van der Waals surface area contributed by atoms with Gasteiger partial charge in [0.15, 0.2) is 5.84 Å². The van der Waals surface area contributed by atoms with Crippen LogP contribution in [0, 0.1) is 5.82 Å². The molecule has 0 amide bonds. The number of hydrogen-bond acceptors (Lipinski definition) is 6. The first-order chi connectivity index (χ1) is 11.9. The number of oxime groups is 1. The predicted octanol–water partition coefficient (Wildman–Crippen LogP) is 4.07. The van der Waals surface area contributed by atoms with Gasteiger partial charge in [-0.15, -0.1) is 0 Å². The molecule has 0 bridgehead atoms. The molecule has 25 heavy (non-hydrogen) atoms. The smallest absolute Gasteiger partial charge is 0.341 e. The Morgan fingerprint density at radius 2 is 1.96 bits per heavy atom. The van der Waals surface area contributed by atoms with E-state index in [2.05, 4.69) is 5.16 Å². The fourth-order valence-corrected chi connectivity index (χ4v) is 5.56. The van der Waals surface area contributed by atoms with Crippen molar-refractivity contribution in [3.05, 3.63) is 35.6 Å². The molecule has 0 radical (unpaired) electrons. The van der Waals surface area contributed by atoms with Crippen molar-refractivity contribution in [2.24, 2.45) is 5.16 Å². The molecule has 1 aromatic rings. The summed E-state index contributed by atoms with van der Waals surface area (Å²) in [6.07, 6.45) is 1.48. The second kappa shape index (κ2) is 7.06. The summed E-state index contributed by atoms with van der Waals surface area (Å²) in [6.45, 7) is 6.78. The molecule has 0 N–H and O–H groups in total. The molecular formula is C17H24FN2O4P. The maximum absolute atomic E-state index is 13.3. The van der Waals surface area contributed by atoms with Crippen LogP contribution in [0.1, 0.15) is 39.2 Å². The summed E-state index contributed by atoms with van der Waals surface area (Å²) in [5.74, 6) is 0.281. The van der Waals surface area contributed by atoms with Gasteiger partial charge in [0.05, 0.1) is 13.2 Å². The van der Waals surface area contributed by atoms with Crippen molar-refractivity contribution in [2.45, 2.75) is 45.0 Å². The van der Waals surface area contributed by atoms with Crippen LogP contribution in [0.3, 0.4) is 0 Å². The predicted molar refractivity (Wildman–Crippen MR) is 92.9 cm³/mol. The van der Waals surface area contributed by atoms with Gasteiger partial charge in [-0.1, -0.05) is 17.3 Å². The van der Waals surface area contributed by atoms with Gasteiger partial charge in [-0.2, -0.15) is 0 Å². The molecule has 0 aliphatic carbocycles. The molecule has 138 valence electrons. The molecule has 1 aromatic carbocycles. The highest BCUT2D eigenvalue weighted by molar-refractivity contribution is 7.55. The fraction of sp³-hybridized carbons (Fsp3) is 0.588. The standard InChI is InChI=1S/C17H24FN2O4P/c1-4-22-25(21,23-5-2)15-7-6-12-20-16(15)19-24-17(20,3)13-8-10-14(18)11-9-13/h8-11,15H,4-7,12H2,1-3H3. The molecule has 2 heterocycles. The number of amidine groups is 1. The van der Waals surface area contributed by atoms with Crippen molar-refractivity contribution >= 4 is 13.4 Å². The van der Waals surface area contributed by atoms with Crippen LogP contribution in [0.15, 0.2) is 29.4 Å². The average molecular weight is 370 g/mol. The van der Waals surface area contributed by atoms with E-state index in [0.717, 1.165) is 12.0 Å². The molecule has 8 heteroatoms. The van der Waals surface area contributed by atoms with Gasteiger partial charge in [0.1, 0.15) is 11.5 Å². The zero-order valence-corrected chi connectivity index (χ0v) is 15.7. The molecule has 3 rings (SSSR count). The lowest BCUT2D eigenvalue weighted by molar-refractivity contribution is -0.0920. The van der Waals surface area contributed by atoms with Gasteiger partial charge in [-0.25, -0.2) is 4.39 Å². The lowest BCUT2D eigenvalue weighted by atomic mass is 9.99. The highest BCUT2D eigenvalue weighted by Crippen LogP contribution is 2.58. The molecular weight excluding hydrogens is 346 g/mol. The minimum atomic E-state index is -3.33. The van der Waals surface area contributed by atoms with E-state index in [1.54, 1.807) is 26.0 Å². The zero-order valence-electron chi connectivity index (χ0n) is 14.8. The molecule has 2 atom stereocenters. The number of fused-ring (bicyclic) bond motifs is 1. The summed E-state index contributed by atoms with van der Waals surface area (Å²) in [5, 5.41) is 4.24. The van der Waals surface area contributed by atoms with Gasteiger partial charge in [0.2, 0.25) is 5.72 Å². The molecule has 2 aliphatic heterocycles. The third-order valence-corrected chi connectivity index (χ3v) is 7.13. The molecule has 1 fully saturated rings. The molecule has 0 aromatic heterocycles. The summed E-state index contributed by atoms with van der Waals surface area (Å²) >= 11 is 0. The third-order valence-electron chi connectivity index (χ3n) is 4.65. The van der Waals surface area contributed by atoms with Gasteiger partial charge in [0, 0.05) is 19.0 Å². The van der Waals surface area contributed by atoms with Gasteiger partial charge >= 0.3 is 7.60 Å². The summed E-state index contributed by atoms with van der Waals surface area (Å²) < 4.78 is 37.6. The quantitative estimate of drug-likeness (QED) is 0.707. The first-order valence-electron chi connectivity index (χ1n) is 8.63. The van der Waals surface area contributed by atoms with E-state index in [1.165, 1.54) is 12.1 Å². The molecule has 6 nitrogen and oxygen atoms in total. The fourth-order valence-electron chi connectivity index (χ4n) is 3.44. The van der Waals surface area contributed by atoms with Crippen LogP contribution in [-0.2, 0) is 24.2 Å². The highest BCUT2D eigenvalue weighted by Gasteiger charge is 2.53. The Morgan fingerprint density at radius 3 is 2.56 bits per heavy atom. The van der Waals surface area contributed by atoms with Gasteiger partial charge < -0.3 is 18.8 Å². The highest BCUT2D eigenvalue weighted by atomic mass is 31.2. The number of rotatable bonds is 6. The Bertz CT molecular complexity index is 686. The summed E-state index contributed by atoms with van der Waals surface area (Å²) in [7, 11) is -3.33. The van der Waals surface area contributed by atoms with Gasteiger partial charge in [-0.3, -0.25) is 4.57 Å². The minimum Gasteiger partial charge on any atom is -0.361 e. The lowest BCUT2D eigenvalue weighted by Gasteiger charge is -2.40. The van der Waals surface area contributed by atoms with E-state index in [9.17, 15) is 8.96 Å². The van der Waals surface area contributed by atoms with Gasteiger partial charge in [0.25, 0.3) is 0 Å². The first kappa shape index (κ1) is 18.4. The number of halogens is 1. The van der Waals surface area contributed by atoms with Crippen molar-refractivity contribution in [3.8, 4) is 0 Å². The van der Waals surface area contributed by atoms with Crippen LogP contribution in [0.25, 0.3) is 0 Å². The second-order valence-corrected chi connectivity index (χ2v) is 8.44. The van der Waals surface area contributed by atoms with E-state index >= 15 is 0 Å². The third kappa shape index (κ3) is 3.21. The normalized spacial score (nSPS) is 26.2. The lowest BCUT2D eigenvalue weighted by Crippen LogP contribution is -2.50. The number of piperidine rings is 1. The Morgan fingerprint density at radius 1 is 1.32 bits per heavy atom. The molecule has 0 spiro atoms. The minimum absolute atomic E-state index is 0.303. The van der Waals surface area contributed by atoms with Crippen molar-refractivity contribution in [1.29, 1.82) is 0 Å². The monoisotopic (exact) mass is 370 g/mol. The largest absolute Gasteiger partial charge is 0.361 e. The molecule has 2 unspecified atom stereocenters. The number of hydrogen-bond donors (Lipinski definition) is 0. The zero-order chi connectivity index (χ0) is 18.1. The van der Waals surface area contributed by atoms with E-state index < -0.39 is 19.0 Å². The van der Waals surface area contributed by atoms with Crippen molar-refractivity contribution in [2.75, 3.05) is 19.8 Å². The van der Waals surface area contributed by atoms with E-state index in [1.807, 2.05) is 11.8 Å². The van der Waals surface area contributed by atoms with E-state index in [0.29, 0.717) is 32.0 Å². The first-order valence-corrected chi connectivity index (χ1v) is 10.2.